The van der Waals surface area contributed by atoms with Crippen LogP contribution in [0.25, 0.3) is 0 Å². The SMILES string of the molecule is C=C1C(NC(=O)c2c[nH]c(=O)cn2)C[C@H]2C[C@@H]1C2(C)C. The summed E-state index contributed by atoms with van der Waals surface area (Å²) in [7, 11) is 0. The van der Waals surface area contributed by atoms with Gasteiger partial charge in [-0.3, -0.25) is 9.59 Å². The van der Waals surface area contributed by atoms with Crippen LogP contribution in [0.1, 0.15) is 37.2 Å². The zero-order valence-electron chi connectivity index (χ0n) is 11.8. The van der Waals surface area contributed by atoms with Gasteiger partial charge in [-0.05, 0) is 30.1 Å². The van der Waals surface area contributed by atoms with Crippen molar-refractivity contribution in [2.45, 2.75) is 32.7 Å². The van der Waals surface area contributed by atoms with E-state index in [1.54, 1.807) is 0 Å². The highest BCUT2D eigenvalue weighted by atomic mass is 16.2. The van der Waals surface area contributed by atoms with E-state index in [9.17, 15) is 9.59 Å². The van der Waals surface area contributed by atoms with Crippen molar-refractivity contribution in [2.24, 2.45) is 17.3 Å². The Morgan fingerprint density at radius 3 is 2.80 bits per heavy atom. The van der Waals surface area contributed by atoms with E-state index in [2.05, 4.69) is 35.7 Å². The van der Waals surface area contributed by atoms with Crippen LogP contribution in [0.3, 0.4) is 0 Å². The molecule has 3 aliphatic carbocycles. The smallest absolute Gasteiger partial charge is 0.271 e. The lowest BCUT2D eigenvalue weighted by molar-refractivity contribution is -0.0375. The van der Waals surface area contributed by atoms with Crippen LogP contribution in [-0.2, 0) is 0 Å². The molecule has 3 aliphatic rings. The van der Waals surface area contributed by atoms with E-state index in [1.165, 1.54) is 12.6 Å². The van der Waals surface area contributed by atoms with E-state index in [-0.39, 0.29) is 23.2 Å². The number of rotatable bonds is 2. The highest BCUT2D eigenvalue weighted by Gasteiger charge is 2.54. The van der Waals surface area contributed by atoms with E-state index in [4.69, 9.17) is 0 Å². The monoisotopic (exact) mass is 273 g/mol. The minimum absolute atomic E-state index is 0.0213. The Labute approximate surface area is 117 Å². The number of nitrogens with one attached hydrogen (secondary N) is 2. The zero-order valence-corrected chi connectivity index (χ0v) is 11.8. The number of amides is 1. The fourth-order valence-corrected chi connectivity index (χ4v) is 3.57. The van der Waals surface area contributed by atoms with Crippen LogP contribution in [0.2, 0.25) is 0 Å². The summed E-state index contributed by atoms with van der Waals surface area (Å²) in [5, 5.41) is 2.98. The Balaban J connectivity index is 1.70. The fourth-order valence-electron chi connectivity index (χ4n) is 3.57. The van der Waals surface area contributed by atoms with Gasteiger partial charge in [0.1, 0.15) is 5.69 Å². The van der Waals surface area contributed by atoms with Gasteiger partial charge in [0.05, 0.1) is 12.2 Å². The van der Waals surface area contributed by atoms with Crippen molar-refractivity contribution in [3.05, 3.63) is 40.6 Å². The summed E-state index contributed by atoms with van der Waals surface area (Å²) in [6, 6.07) is 0.0213. The molecule has 3 fully saturated rings. The second-order valence-corrected chi connectivity index (χ2v) is 6.44. The van der Waals surface area contributed by atoms with Gasteiger partial charge in [0.25, 0.3) is 11.5 Å². The first-order valence-electron chi connectivity index (χ1n) is 6.94. The lowest BCUT2D eigenvalue weighted by Crippen LogP contribution is -2.57. The van der Waals surface area contributed by atoms with Gasteiger partial charge >= 0.3 is 0 Å². The zero-order chi connectivity index (χ0) is 14.5. The molecule has 3 atom stereocenters. The lowest BCUT2D eigenvalue weighted by Gasteiger charge is -2.60. The normalized spacial score (nSPS) is 30.5. The first kappa shape index (κ1) is 13.1. The summed E-state index contributed by atoms with van der Waals surface area (Å²) < 4.78 is 0. The third-order valence-electron chi connectivity index (χ3n) is 5.10. The van der Waals surface area contributed by atoms with Gasteiger partial charge < -0.3 is 10.3 Å². The summed E-state index contributed by atoms with van der Waals surface area (Å²) in [4.78, 5) is 29.4. The summed E-state index contributed by atoms with van der Waals surface area (Å²) in [5.74, 6) is 0.883. The third-order valence-corrected chi connectivity index (χ3v) is 5.10. The maximum Gasteiger partial charge on any atom is 0.271 e. The van der Waals surface area contributed by atoms with Crippen LogP contribution in [0.5, 0.6) is 0 Å². The number of hydrogen-bond donors (Lipinski definition) is 2. The van der Waals surface area contributed by atoms with Crippen molar-refractivity contribution in [3.8, 4) is 0 Å². The van der Waals surface area contributed by atoms with Crippen LogP contribution in [-0.4, -0.2) is 21.9 Å². The average Bonchev–Trinajstić information content (AvgIpc) is 2.41. The largest absolute Gasteiger partial charge is 0.344 e. The van der Waals surface area contributed by atoms with Crippen LogP contribution >= 0.6 is 0 Å². The number of aromatic nitrogens is 2. The molecule has 1 aromatic rings. The molecule has 2 N–H and O–H groups in total. The van der Waals surface area contributed by atoms with Crippen LogP contribution in [0.15, 0.2) is 29.3 Å². The Bertz CT molecular complexity index is 612. The molecule has 0 aromatic carbocycles. The predicted molar refractivity (Wildman–Crippen MR) is 75.2 cm³/mol. The topological polar surface area (TPSA) is 74.8 Å². The Morgan fingerprint density at radius 2 is 2.25 bits per heavy atom. The minimum atomic E-state index is -0.313. The molecule has 0 aliphatic heterocycles. The van der Waals surface area contributed by atoms with Gasteiger partial charge in [0.15, 0.2) is 0 Å². The second-order valence-electron chi connectivity index (χ2n) is 6.44. The second kappa shape index (κ2) is 4.30. The standard InChI is InChI=1S/C15H19N3O2/c1-8-10-4-9(15(10,2)3)5-11(8)18-14(20)12-6-17-13(19)7-16-12/h6-7,9-11H,1,4-5H2,2-3H3,(H,17,19)(H,18,20)/t9-,10+,11?/m1/s1. The van der Waals surface area contributed by atoms with Gasteiger partial charge in [0, 0.05) is 6.20 Å². The molecule has 0 radical (unpaired) electrons. The number of H-pyrrole nitrogens is 1. The van der Waals surface area contributed by atoms with Crippen molar-refractivity contribution in [2.75, 3.05) is 0 Å². The van der Waals surface area contributed by atoms with E-state index in [1.807, 2.05) is 0 Å². The molecule has 5 heteroatoms. The molecule has 20 heavy (non-hydrogen) atoms. The molecule has 0 saturated heterocycles. The molecular formula is C15H19N3O2. The molecule has 1 amide bonds. The number of fused-ring (bicyclic) bond motifs is 2. The minimum Gasteiger partial charge on any atom is -0.344 e. The Hall–Kier alpha value is -1.91. The quantitative estimate of drug-likeness (QED) is 0.802. The number of nitrogens with zero attached hydrogens (tertiary/aromatic N) is 1. The van der Waals surface area contributed by atoms with Crippen LogP contribution in [0, 0.1) is 17.3 Å². The molecule has 3 saturated carbocycles. The summed E-state index contributed by atoms with van der Waals surface area (Å²) >= 11 is 0. The van der Waals surface area contributed by atoms with Gasteiger partial charge in [0.2, 0.25) is 0 Å². The van der Waals surface area contributed by atoms with Crippen LogP contribution < -0.4 is 10.9 Å². The first-order valence-corrected chi connectivity index (χ1v) is 6.94. The van der Waals surface area contributed by atoms with E-state index < -0.39 is 0 Å². The molecule has 0 spiro atoms. The number of hydrogen-bond acceptors (Lipinski definition) is 3. The molecule has 2 bridgehead atoms. The number of aromatic amines is 1. The Morgan fingerprint density at radius 1 is 1.50 bits per heavy atom. The van der Waals surface area contributed by atoms with E-state index >= 15 is 0 Å². The third kappa shape index (κ3) is 1.88. The van der Waals surface area contributed by atoms with Crippen molar-refractivity contribution < 1.29 is 4.79 Å². The first-order chi connectivity index (χ1) is 9.39. The Kier molecular flexibility index (Phi) is 2.81. The fraction of sp³-hybridized carbons (Fsp3) is 0.533. The molecule has 4 rings (SSSR count). The predicted octanol–water partition coefficient (Wildman–Crippen LogP) is 1.49. The number of carbonyl (C=O) groups excluding carboxylic acids is 1. The van der Waals surface area contributed by atoms with Crippen molar-refractivity contribution in [1.29, 1.82) is 0 Å². The highest BCUT2D eigenvalue weighted by Crippen LogP contribution is 2.60. The maximum atomic E-state index is 12.1. The van der Waals surface area contributed by atoms with E-state index in [0.717, 1.165) is 18.2 Å². The molecule has 1 aromatic heterocycles. The molecular weight excluding hydrogens is 254 g/mol. The van der Waals surface area contributed by atoms with Crippen molar-refractivity contribution in [1.82, 2.24) is 15.3 Å². The van der Waals surface area contributed by atoms with Crippen molar-refractivity contribution in [3.63, 3.8) is 0 Å². The molecule has 1 heterocycles. The highest BCUT2D eigenvalue weighted by molar-refractivity contribution is 5.92. The number of carbonyl (C=O) groups is 1. The molecule has 1 unspecified atom stereocenters. The molecule has 5 nitrogen and oxygen atoms in total. The van der Waals surface area contributed by atoms with Gasteiger partial charge in [-0.25, -0.2) is 4.98 Å². The van der Waals surface area contributed by atoms with E-state index in [0.29, 0.717) is 17.3 Å². The lowest BCUT2D eigenvalue weighted by atomic mass is 9.46. The van der Waals surface area contributed by atoms with Gasteiger partial charge in [-0.2, -0.15) is 0 Å². The maximum absolute atomic E-state index is 12.1. The summed E-state index contributed by atoms with van der Waals surface area (Å²) in [5.41, 5.74) is 1.35. The van der Waals surface area contributed by atoms with Crippen molar-refractivity contribution >= 4 is 5.91 Å². The summed E-state index contributed by atoms with van der Waals surface area (Å²) in [6.45, 7) is 8.73. The van der Waals surface area contributed by atoms with Gasteiger partial charge in [-0.15, -0.1) is 0 Å². The van der Waals surface area contributed by atoms with Crippen LogP contribution in [0.4, 0.5) is 0 Å². The summed E-state index contributed by atoms with van der Waals surface area (Å²) in [6.07, 6.45) is 4.59. The molecule has 106 valence electrons. The van der Waals surface area contributed by atoms with Gasteiger partial charge in [-0.1, -0.05) is 26.0 Å². The average molecular weight is 273 g/mol.